The predicted octanol–water partition coefficient (Wildman–Crippen LogP) is 3.06. The summed E-state index contributed by atoms with van der Waals surface area (Å²) in [6, 6.07) is 5.54. The van der Waals surface area contributed by atoms with E-state index in [1.54, 1.807) is 0 Å². The molecule has 0 atom stereocenters. The molecule has 1 N–H and O–H groups in total. The van der Waals surface area contributed by atoms with Gasteiger partial charge >= 0.3 is 16.2 Å². The molecule has 0 heterocycles. The summed E-state index contributed by atoms with van der Waals surface area (Å²) in [4.78, 5) is 13.2. The summed E-state index contributed by atoms with van der Waals surface area (Å²) in [7, 11) is -4.05. The molecule has 2 rings (SSSR count). The van der Waals surface area contributed by atoms with Crippen LogP contribution in [0.15, 0.2) is 24.3 Å². The molecule has 1 saturated carbocycles. The van der Waals surface area contributed by atoms with Crippen molar-refractivity contribution >= 4 is 21.9 Å². The molecule has 8 heteroatoms. The van der Waals surface area contributed by atoms with Crippen molar-refractivity contribution in [3.63, 3.8) is 0 Å². The maximum absolute atomic E-state index is 14.0. The van der Waals surface area contributed by atoms with E-state index in [1.165, 1.54) is 24.3 Å². The molecule has 0 bridgehead atoms. The fraction of sp³-hybridized carbons (Fsp3) is 0.588. The van der Waals surface area contributed by atoms with Gasteiger partial charge in [0.15, 0.2) is 0 Å². The minimum absolute atomic E-state index is 0.00842. The van der Waals surface area contributed by atoms with Crippen LogP contribution in [0, 0.1) is 11.7 Å². The molecule has 1 aliphatic rings. The number of carbonyl (C=O) groups is 1. The molecule has 1 aliphatic carbocycles. The highest BCUT2D eigenvalue weighted by Crippen LogP contribution is 2.26. The van der Waals surface area contributed by atoms with E-state index in [0.717, 1.165) is 37.0 Å². The van der Waals surface area contributed by atoms with Crippen molar-refractivity contribution in [2.24, 2.45) is 5.92 Å². The van der Waals surface area contributed by atoms with Gasteiger partial charge in [-0.3, -0.25) is 4.90 Å². The van der Waals surface area contributed by atoms with Crippen molar-refractivity contribution in [2.75, 3.05) is 23.8 Å². The molecule has 0 unspecified atom stereocenters. The van der Waals surface area contributed by atoms with Gasteiger partial charge in [0, 0.05) is 13.2 Å². The van der Waals surface area contributed by atoms with E-state index in [4.69, 9.17) is 9.29 Å². The lowest BCUT2D eigenvalue weighted by atomic mass is 9.91. The number of carbonyl (C=O) groups excluding carboxylic acids is 1. The van der Waals surface area contributed by atoms with Gasteiger partial charge in [-0.25, -0.2) is 9.18 Å². The Morgan fingerprint density at radius 1 is 1.24 bits per heavy atom. The van der Waals surface area contributed by atoms with Crippen LogP contribution < -0.4 is 4.90 Å². The van der Waals surface area contributed by atoms with E-state index in [-0.39, 0.29) is 36.9 Å². The predicted molar refractivity (Wildman–Crippen MR) is 92.3 cm³/mol. The summed E-state index contributed by atoms with van der Waals surface area (Å²) < 4.78 is 43.1. The lowest BCUT2D eigenvalue weighted by Crippen LogP contribution is -2.36. The average Bonchev–Trinajstić information content (AvgIpc) is 2.56. The first kappa shape index (κ1) is 19.7. The van der Waals surface area contributed by atoms with Crippen LogP contribution in [0.4, 0.5) is 14.9 Å². The zero-order chi connectivity index (χ0) is 18.3. The Morgan fingerprint density at radius 3 is 2.56 bits per heavy atom. The number of anilines is 1. The van der Waals surface area contributed by atoms with E-state index < -0.39 is 22.0 Å². The fourth-order valence-corrected chi connectivity index (χ4v) is 4.33. The minimum Gasteiger partial charge on any atom is -0.396 e. The second kappa shape index (κ2) is 9.15. The zero-order valence-corrected chi connectivity index (χ0v) is 14.9. The fourth-order valence-electron chi connectivity index (χ4n) is 3.04. The van der Waals surface area contributed by atoms with Gasteiger partial charge in [0.2, 0.25) is 0 Å². The van der Waals surface area contributed by atoms with Crippen LogP contribution in [0.3, 0.4) is 0 Å². The molecule has 1 aromatic rings. The average molecular weight is 373 g/mol. The Morgan fingerprint density at radius 2 is 1.92 bits per heavy atom. The van der Waals surface area contributed by atoms with Crippen LogP contribution in [0.2, 0.25) is 0 Å². The second-order valence-corrected chi connectivity index (χ2v) is 7.87. The van der Waals surface area contributed by atoms with Crippen molar-refractivity contribution in [3.8, 4) is 0 Å². The number of benzene rings is 1. The molecule has 0 aliphatic heterocycles. The monoisotopic (exact) mass is 373 g/mol. The van der Waals surface area contributed by atoms with Crippen molar-refractivity contribution in [2.45, 2.75) is 38.5 Å². The maximum Gasteiger partial charge on any atom is 0.430 e. The lowest BCUT2D eigenvalue weighted by molar-refractivity contribution is 0.207. The molecule has 1 fully saturated rings. The smallest absolute Gasteiger partial charge is 0.396 e. The Hall–Kier alpha value is -1.67. The summed E-state index contributed by atoms with van der Waals surface area (Å²) in [6.07, 6.45) is 3.69. The molecular weight excluding hydrogens is 349 g/mol. The van der Waals surface area contributed by atoms with Crippen LogP contribution in [0.25, 0.3) is 0 Å². The number of aliphatic hydroxyl groups is 1. The Kier molecular flexibility index (Phi) is 7.19. The zero-order valence-electron chi connectivity index (χ0n) is 14.1. The maximum atomic E-state index is 14.0. The first-order valence-corrected chi connectivity index (χ1v) is 10.1. The first-order valence-electron chi connectivity index (χ1n) is 8.52. The number of hydrogen-bond donors (Lipinski definition) is 1. The number of amides is 1. The molecule has 0 radical (unpaired) electrons. The second-order valence-electron chi connectivity index (χ2n) is 6.26. The summed E-state index contributed by atoms with van der Waals surface area (Å²) in [5, 5.41) is 8.97. The summed E-state index contributed by atoms with van der Waals surface area (Å²) >= 11 is 0. The number of rotatable bonds is 7. The van der Waals surface area contributed by atoms with Gasteiger partial charge in [-0.15, -0.1) is 0 Å². The van der Waals surface area contributed by atoms with Crippen LogP contribution in [-0.2, 0) is 14.3 Å². The number of hydrogen-bond acceptors (Lipinski definition) is 5. The van der Waals surface area contributed by atoms with Crippen molar-refractivity contribution in [1.29, 1.82) is 0 Å². The van der Waals surface area contributed by atoms with E-state index in [9.17, 15) is 17.6 Å². The topological polar surface area (TPSA) is 83.9 Å². The SMILES string of the molecule is O=C(OS(=O)(=O)CC1CCCCC1)N(CCCO)c1ccccc1F. The summed E-state index contributed by atoms with van der Waals surface area (Å²) in [5.41, 5.74) is -0.0752. The van der Waals surface area contributed by atoms with Gasteiger partial charge in [0.1, 0.15) is 5.82 Å². The van der Waals surface area contributed by atoms with Gasteiger partial charge in [-0.1, -0.05) is 31.4 Å². The quantitative estimate of drug-likeness (QED) is 0.743. The highest BCUT2D eigenvalue weighted by atomic mass is 32.2. The van der Waals surface area contributed by atoms with E-state index in [1.807, 2.05) is 0 Å². The van der Waals surface area contributed by atoms with E-state index in [2.05, 4.69) is 0 Å². The molecule has 140 valence electrons. The highest BCUT2D eigenvalue weighted by molar-refractivity contribution is 7.87. The third-order valence-electron chi connectivity index (χ3n) is 4.27. The third-order valence-corrected chi connectivity index (χ3v) is 5.54. The largest absolute Gasteiger partial charge is 0.430 e. The Balaban J connectivity index is 2.09. The van der Waals surface area contributed by atoms with Gasteiger partial charge in [-0.2, -0.15) is 8.42 Å². The third kappa shape index (κ3) is 5.97. The molecule has 0 spiro atoms. The highest BCUT2D eigenvalue weighted by Gasteiger charge is 2.28. The first-order chi connectivity index (χ1) is 11.9. The molecule has 0 aromatic heterocycles. The van der Waals surface area contributed by atoms with Crippen molar-refractivity contribution in [3.05, 3.63) is 30.1 Å². The van der Waals surface area contributed by atoms with Crippen LogP contribution in [0.1, 0.15) is 38.5 Å². The molecule has 0 saturated heterocycles. The Bertz CT molecular complexity index is 673. The number of halogens is 1. The number of para-hydroxylation sites is 1. The van der Waals surface area contributed by atoms with Crippen molar-refractivity contribution < 1.29 is 26.9 Å². The number of nitrogens with zero attached hydrogens (tertiary/aromatic N) is 1. The lowest BCUT2D eigenvalue weighted by Gasteiger charge is -2.24. The van der Waals surface area contributed by atoms with E-state index in [0.29, 0.717) is 0 Å². The normalized spacial score (nSPS) is 15.8. The van der Waals surface area contributed by atoms with Gasteiger partial charge in [0.05, 0.1) is 11.4 Å². The van der Waals surface area contributed by atoms with Crippen LogP contribution in [-0.4, -0.2) is 38.5 Å². The molecular formula is C17H24FNO5S. The van der Waals surface area contributed by atoms with Crippen molar-refractivity contribution in [1.82, 2.24) is 0 Å². The van der Waals surface area contributed by atoms with Gasteiger partial charge < -0.3 is 9.29 Å². The van der Waals surface area contributed by atoms with Crippen LogP contribution in [0.5, 0.6) is 0 Å². The molecule has 1 aromatic carbocycles. The van der Waals surface area contributed by atoms with E-state index >= 15 is 0 Å². The van der Waals surface area contributed by atoms with Gasteiger partial charge in [-0.05, 0) is 37.3 Å². The minimum atomic E-state index is -4.05. The molecule has 1 amide bonds. The summed E-state index contributed by atoms with van der Waals surface area (Å²) in [5.74, 6) is -0.878. The molecule has 6 nitrogen and oxygen atoms in total. The molecule has 25 heavy (non-hydrogen) atoms. The summed E-state index contributed by atoms with van der Waals surface area (Å²) in [6.45, 7) is -0.262. The number of aliphatic hydroxyl groups excluding tert-OH is 1. The Labute approximate surface area is 147 Å². The van der Waals surface area contributed by atoms with Crippen LogP contribution >= 0.6 is 0 Å². The standard InChI is InChI=1S/C17H24FNO5S/c18-15-9-4-5-10-16(15)19(11-6-12-20)17(21)24-25(22,23)13-14-7-2-1-3-8-14/h4-5,9-10,14,20H,1-3,6-8,11-13H2. The van der Waals surface area contributed by atoms with Gasteiger partial charge in [0.25, 0.3) is 0 Å².